The van der Waals surface area contributed by atoms with Crippen LogP contribution in [0.15, 0.2) is 21.9 Å². The number of nitrogens with zero attached hydrogens (tertiary/aromatic N) is 1. The van der Waals surface area contributed by atoms with Gasteiger partial charge in [-0.05, 0) is 48.5 Å². The smallest absolute Gasteiger partial charge is 0.437 e. The van der Waals surface area contributed by atoms with E-state index in [0.29, 0.717) is 0 Å². The van der Waals surface area contributed by atoms with Gasteiger partial charge in [0.05, 0.1) is 17.4 Å². The summed E-state index contributed by atoms with van der Waals surface area (Å²) in [4.78, 5) is 49.4. The van der Waals surface area contributed by atoms with Crippen LogP contribution in [0.2, 0.25) is 0 Å². The lowest BCUT2D eigenvalue weighted by Gasteiger charge is -2.24. The van der Waals surface area contributed by atoms with Gasteiger partial charge in [0.25, 0.3) is 5.56 Å². The maximum Gasteiger partial charge on any atom is 0.480 e. The third kappa shape index (κ3) is 8.04. The number of aromatic nitrogens is 2. The summed E-state index contributed by atoms with van der Waals surface area (Å²) in [6.45, 7) is 7.88. The normalized spacial score (nSPS) is 24.3. The molecule has 2 unspecified atom stereocenters. The molecule has 1 fully saturated rings. The Hall–Kier alpha value is -2.42. The first-order valence-electron chi connectivity index (χ1n) is 11.5. The summed E-state index contributed by atoms with van der Waals surface area (Å²) in [6, 6.07) is 0.963. The molecule has 14 nitrogen and oxygen atoms in total. The van der Waals surface area contributed by atoms with Crippen molar-refractivity contribution in [1.29, 1.82) is 0 Å². The van der Waals surface area contributed by atoms with Gasteiger partial charge in [-0.25, -0.2) is 22.8 Å². The summed E-state index contributed by atoms with van der Waals surface area (Å²) >= 11 is 0. The van der Waals surface area contributed by atoms with Crippen LogP contribution in [0.4, 0.5) is 4.39 Å². The summed E-state index contributed by atoms with van der Waals surface area (Å²) in [5, 5.41) is 10.5. The first kappa shape index (κ1) is 31.8. The molecule has 2 rings (SSSR count). The van der Waals surface area contributed by atoms with Crippen LogP contribution >= 0.6 is 7.82 Å². The number of phosphoric ester groups is 1. The quantitative estimate of drug-likeness (QED) is 0.237. The second kappa shape index (κ2) is 11.8. The average Bonchev–Trinajstić information content (AvgIpc) is 3.00. The van der Waals surface area contributed by atoms with Crippen LogP contribution in [0.1, 0.15) is 54.7 Å². The zero-order chi connectivity index (χ0) is 29.1. The maximum absolute atomic E-state index is 15.4. The molecule has 0 radical (unpaired) electrons. The second-order valence-electron chi connectivity index (χ2n) is 10.7. The Balaban J connectivity index is 2.14. The number of esters is 2. The minimum absolute atomic E-state index is 0.694. The molecule has 0 amide bonds. The van der Waals surface area contributed by atoms with Crippen molar-refractivity contribution in [2.45, 2.75) is 72.6 Å². The highest BCUT2D eigenvalue weighted by Gasteiger charge is 2.55. The van der Waals surface area contributed by atoms with Crippen molar-refractivity contribution in [3.8, 4) is 0 Å². The van der Waals surface area contributed by atoms with Crippen LogP contribution in [0, 0.1) is 10.8 Å². The van der Waals surface area contributed by atoms with Crippen molar-refractivity contribution in [3.05, 3.63) is 33.1 Å². The van der Waals surface area contributed by atoms with Crippen molar-refractivity contribution in [3.63, 3.8) is 0 Å². The number of aliphatic hydroxyl groups excluding tert-OH is 1. The lowest BCUT2D eigenvalue weighted by atomic mass is 9.98. The van der Waals surface area contributed by atoms with E-state index in [2.05, 4.69) is 0 Å². The van der Waals surface area contributed by atoms with Crippen molar-refractivity contribution in [1.82, 2.24) is 9.55 Å². The van der Waals surface area contributed by atoms with Gasteiger partial charge in [0.15, 0.2) is 11.9 Å². The minimum Gasteiger partial charge on any atom is -0.437 e. The summed E-state index contributed by atoms with van der Waals surface area (Å²) in [5.41, 5.74) is -6.07. The number of alkyl halides is 1. The van der Waals surface area contributed by atoms with Crippen LogP contribution in [-0.2, 0) is 41.9 Å². The number of aromatic amines is 1. The zero-order valence-electron chi connectivity index (χ0n) is 22.2. The fraction of sp³-hybridized carbons (Fsp3) is 0.727. The molecule has 0 aromatic carbocycles. The maximum atomic E-state index is 15.4. The van der Waals surface area contributed by atoms with Crippen molar-refractivity contribution in [2.24, 2.45) is 10.8 Å². The molecule has 216 valence electrons. The topological polar surface area (TPSA) is 182 Å². The van der Waals surface area contributed by atoms with Gasteiger partial charge in [-0.2, -0.15) is 0 Å². The number of rotatable bonds is 10. The minimum atomic E-state index is -4.65. The Morgan fingerprint density at radius 2 is 1.58 bits per heavy atom. The lowest BCUT2D eigenvalue weighted by molar-refractivity contribution is -0.163. The molecule has 2 N–H and O–H groups in total. The van der Waals surface area contributed by atoms with Gasteiger partial charge in [0, 0.05) is 12.3 Å². The zero-order valence-corrected chi connectivity index (χ0v) is 23.1. The van der Waals surface area contributed by atoms with E-state index in [9.17, 15) is 28.8 Å². The molecular formula is C22H34FN2O12P. The van der Waals surface area contributed by atoms with E-state index >= 15 is 4.39 Å². The Morgan fingerprint density at radius 1 is 1.08 bits per heavy atom. The number of H-pyrrole nitrogens is 1. The van der Waals surface area contributed by atoms with Crippen LogP contribution in [0.3, 0.4) is 0 Å². The van der Waals surface area contributed by atoms with Gasteiger partial charge >= 0.3 is 25.5 Å². The fourth-order valence-electron chi connectivity index (χ4n) is 2.96. The molecule has 4 atom stereocenters. The van der Waals surface area contributed by atoms with Crippen molar-refractivity contribution < 1.29 is 51.4 Å². The number of hydrogen-bond acceptors (Lipinski definition) is 12. The average molecular weight is 568 g/mol. The van der Waals surface area contributed by atoms with E-state index in [4.69, 9.17) is 27.8 Å². The molecule has 1 aliphatic heterocycles. The molecule has 2 heterocycles. The number of carbonyl (C=O) groups excluding carboxylic acids is 2. The first-order valence-corrected chi connectivity index (χ1v) is 13.0. The van der Waals surface area contributed by atoms with Gasteiger partial charge < -0.3 is 19.3 Å². The SMILES string of the molecule is CC(C)(C)C(=O)OCOP(=O)(OCOC(=O)C(C)(C)C)OC[C@H]1O[C@@H](n2ccc(=O)[nH]c2=O)C(C)(F)C1O. The van der Waals surface area contributed by atoms with Crippen LogP contribution in [-0.4, -0.2) is 64.7 Å². The third-order valence-electron chi connectivity index (χ3n) is 5.24. The molecule has 16 heteroatoms. The molecule has 0 saturated carbocycles. The molecule has 1 aliphatic rings. The van der Waals surface area contributed by atoms with Crippen LogP contribution < -0.4 is 11.2 Å². The molecule has 0 bridgehead atoms. The number of ether oxygens (including phenoxy) is 3. The van der Waals surface area contributed by atoms with E-state index in [1.54, 1.807) is 41.5 Å². The standard InChI is InChI=1S/C22H34FN2O12P/c1-20(2,3)17(28)32-11-35-38(31,36-12-33-18(29)21(4,5)6)34-10-13-15(27)22(7,23)16(37-13)25-9-8-14(26)24-19(25)30/h8-9,13,15-16,27H,10-12H2,1-7H3,(H,24,26,30)/t13-,15?,16-,22?/m1/s1. The number of hydrogen-bond donors (Lipinski definition) is 2. The van der Waals surface area contributed by atoms with E-state index < -0.39 is 86.1 Å². The van der Waals surface area contributed by atoms with Gasteiger partial charge in [-0.3, -0.25) is 28.5 Å². The summed E-state index contributed by atoms with van der Waals surface area (Å²) in [6.07, 6.45) is -4.08. The van der Waals surface area contributed by atoms with Gasteiger partial charge in [-0.15, -0.1) is 0 Å². The van der Waals surface area contributed by atoms with Crippen molar-refractivity contribution in [2.75, 3.05) is 20.2 Å². The molecule has 0 spiro atoms. The number of carbonyl (C=O) groups is 2. The summed E-state index contributed by atoms with van der Waals surface area (Å²) in [7, 11) is -4.65. The van der Waals surface area contributed by atoms with E-state index in [0.717, 1.165) is 23.8 Å². The van der Waals surface area contributed by atoms with Crippen molar-refractivity contribution >= 4 is 19.8 Å². The number of halogens is 1. The Morgan fingerprint density at radius 3 is 2.03 bits per heavy atom. The fourth-order valence-corrected chi connectivity index (χ4v) is 3.88. The van der Waals surface area contributed by atoms with Crippen LogP contribution in [0.25, 0.3) is 0 Å². The van der Waals surface area contributed by atoms with E-state index in [1.807, 2.05) is 4.98 Å². The molecular weight excluding hydrogens is 534 g/mol. The highest BCUT2D eigenvalue weighted by atomic mass is 31.2. The summed E-state index contributed by atoms with van der Waals surface area (Å²) < 4.78 is 59.7. The summed E-state index contributed by atoms with van der Waals surface area (Å²) in [5.74, 6) is -1.39. The first-order chi connectivity index (χ1) is 17.3. The Kier molecular flexibility index (Phi) is 9.84. The monoisotopic (exact) mass is 568 g/mol. The van der Waals surface area contributed by atoms with Gasteiger partial charge in [0.1, 0.15) is 12.2 Å². The van der Waals surface area contributed by atoms with Gasteiger partial charge in [-0.1, -0.05) is 0 Å². The predicted molar refractivity (Wildman–Crippen MR) is 127 cm³/mol. The second-order valence-corrected chi connectivity index (χ2v) is 12.4. The predicted octanol–water partition coefficient (Wildman–Crippen LogP) is 1.77. The number of nitrogens with one attached hydrogen (secondary N) is 1. The third-order valence-corrected chi connectivity index (χ3v) is 6.55. The highest BCUT2D eigenvalue weighted by molar-refractivity contribution is 7.48. The number of aliphatic hydroxyl groups is 1. The largest absolute Gasteiger partial charge is 0.480 e. The highest BCUT2D eigenvalue weighted by Crippen LogP contribution is 2.51. The van der Waals surface area contributed by atoms with E-state index in [1.165, 1.54) is 0 Å². The molecule has 1 aromatic rings. The Labute approximate surface area is 217 Å². The number of phosphoric acid groups is 1. The molecule has 1 saturated heterocycles. The Bertz CT molecular complexity index is 1130. The molecule has 38 heavy (non-hydrogen) atoms. The van der Waals surface area contributed by atoms with Crippen LogP contribution in [0.5, 0.6) is 0 Å². The van der Waals surface area contributed by atoms with Gasteiger partial charge in [0.2, 0.25) is 13.6 Å². The lowest BCUT2D eigenvalue weighted by Crippen LogP contribution is -2.43. The van der Waals surface area contributed by atoms with E-state index in [-0.39, 0.29) is 0 Å². The molecule has 1 aromatic heterocycles. The molecule has 0 aliphatic carbocycles.